The van der Waals surface area contributed by atoms with Crippen molar-refractivity contribution in [1.29, 1.82) is 5.41 Å². The van der Waals surface area contributed by atoms with E-state index in [0.29, 0.717) is 49.4 Å². The van der Waals surface area contributed by atoms with Gasteiger partial charge in [0.05, 0.1) is 19.8 Å². The van der Waals surface area contributed by atoms with E-state index < -0.39 is 6.03 Å². The summed E-state index contributed by atoms with van der Waals surface area (Å²) in [7, 11) is 0. The summed E-state index contributed by atoms with van der Waals surface area (Å²) in [6, 6.07) is 9.07. The Hall–Kier alpha value is -3.72. The van der Waals surface area contributed by atoms with Crippen LogP contribution in [0.4, 0.5) is 20.6 Å². The van der Waals surface area contributed by atoms with E-state index in [9.17, 15) is 9.18 Å². The number of nitrogens with two attached hydrogens (primary N) is 1. The summed E-state index contributed by atoms with van der Waals surface area (Å²) < 4.78 is 18.9. The topological polar surface area (TPSA) is 116 Å². The fourth-order valence-electron chi connectivity index (χ4n) is 3.93. The lowest BCUT2D eigenvalue weighted by molar-refractivity contribution is 0.230. The fourth-order valence-corrected chi connectivity index (χ4v) is 3.93. The molecule has 0 unspecified atom stereocenters. The highest BCUT2D eigenvalue weighted by molar-refractivity contribution is 6.11. The van der Waals surface area contributed by atoms with E-state index in [1.807, 2.05) is 23.1 Å². The van der Waals surface area contributed by atoms with E-state index >= 15 is 0 Å². The van der Waals surface area contributed by atoms with Gasteiger partial charge in [-0.05, 0) is 72.9 Å². The van der Waals surface area contributed by atoms with Crippen molar-refractivity contribution in [2.75, 3.05) is 36.6 Å². The van der Waals surface area contributed by atoms with Gasteiger partial charge in [-0.3, -0.25) is 10.3 Å². The van der Waals surface area contributed by atoms with Gasteiger partial charge in [-0.25, -0.2) is 9.18 Å². The van der Waals surface area contributed by atoms with E-state index in [4.69, 9.17) is 15.9 Å². The second kappa shape index (κ2) is 9.83. The third kappa shape index (κ3) is 5.20. The Bertz CT molecular complexity index is 1130. The number of benzene rings is 2. The molecule has 4 rings (SSSR count). The molecule has 0 radical (unpaired) electrons. The Kier molecular flexibility index (Phi) is 6.69. The normalized spacial score (nSPS) is 15.6. The van der Waals surface area contributed by atoms with E-state index in [0.717, 1.165) is 24.1 Å². The van der Waals surface area contributed by atoms with Gasteiger partial charge >= 0.3 is 6.03 Å². The molecule has 172 valence electrons. The molecule has 0 fully saturated rings. The zero-order valence-electron chi connectivity index (χ0n) is 18.5. The first kappa shape index (κ1) is 22.5. The molecule has 1 aliphatic heterocycles. The molecular formula is C24H27FN6O2. The molecule has 1 heterocycles. The number of ether oxygens (including phenoxy) is 1. The standard InChI is InChI=1S/C24H27FN6O2/c1-15(27)13-31(14-26)21-9-2-16(19-7-8-20(19)21)12-22-23(28-10-11-33-22)30-24(32)29-18-5-3-17(25)4-6-18/h2-6,9,12,27H,7-8,10-11,13-14,26H2,1H3,(H2,28,29,30,32). The monoisotopic (exact) mass is 450 g/mol. The lowest BCUT2D eigenvalue weighted by Gasteiger charge is -2.32. The van der Waals surface area contributed by atoms with Crippen LogP contribution >= 0.6 is 0 Å². The number of amides is 2. The summed E-state index contributed by atoms with van der Waals surface area (Å²) in [6.45, 7) is 3.48. The predicted octanol–water partition coefficient (Wildman–Crippen LogP) is 3.28. The molecule has 0 saturated carbocycles. The predicted molar refractivity (Wildman–Crippen MR) is 128 cm³/mol. The number of urea groups is 1. The van der Waals surface area contributed by atoms with Crippen LogP contribution in [-0.4, -0.2) is 43.9 Å². The van der Waals surface area contributed by atoms with Crippen LogP contribution in [0.1, 0.15) is 23.6 Å². The maximum absolute atomic E-state index is 13.1. The molecule has 2 aliphatic rings. The molecule has 8 nitrogen and oxygen atoms in total. The van der Waals surface area contributed by atoms with Crippen LogP contribution in [0.15, 0.2) is 47.1 Å². The maximum Gasteiger partial charge on any atom is 0.324 e. The minimum absolute atomic E-state index is 0.343. The van der Waals surface area contributed by atoms with Crippen molar-refractivity contribution in [2.45, 2.75) is 19.8 Å². The maximum atomic E-state index is 13.1. The Balaban J connectivity index is 1.52. The number of amidine groups is 1. The number of hydrogen-bond acceptors (Lipinski definition) is 6. The molecule has 2 aromatic rings. The van der Waals surface area contributed by atoms with Gasteiger partial charge in [-0.2, -0.15) is 0 Å². The van der Waals surface area contributed by atoms with Gasteiger partial charge in [0, 0.05) is 17.1 Å². The van der Waals surface area contributed by atoms with Gasteiger partial charge in [0.15, 0.2) is 11.6 Å². The van der Waals surface area contributed by atoms with Gasteiger partial charge in [0.2, 0.25) is 0 Å². The van der Waals surface area contributed by atoms with Crippen LogP contribution in [0.5, 0.6) is 0 Å². The zero-order valence-corrected chi connectivity index (χ0v) is 18.5. The fraction of sp³-hybridized carbons (Fsp3) is 0.292. The number of fused-ring (bicyclic) bond motifs is 1. The third-order valence-electron chi connectivity index (χ3n) is 5.53. The average Bonchev–Trinajstić information content (AvgIpc) is 2.76. The molecule has 0 atom stereocenters. The van der Waals surface area contributed by atoms with Crippen molar-refractivity contribution in [3.8, 4) is 0 Å². The summed E-state index contributed by atoms with van der Waals surface area (Å²) in [5.41, 5.74) is 11.5. The number of rotatable bonds is 6. The Morgan fingerprint density at radius 2 is 1.97 bits per heavy atom. The first-order valence-electron chi connectivity index (χ1n) is 10.8. The summed E-state index contributed by atoms with van der Waals surface area (Å²) in [4.78, 5) is 18.8. The number of nitrogens with one attached hydrogen (secondary N) is 3. The number of carbonyl (C=O) groups is 1. The highest BCUT2D eigenvalue weighted by Crippen LogP contribution is 2.36. The Morgan fingerprint density at radius 1 is 1.21 bits per heavy atom. The van der Waals surface area contributed by atoms with Crippen molar-refractivity contribution < 1.29 is 13.9 Å². The molecule has 33 heavy (non-hydrogen) atoms. The number of aliphatic imine (C=N–C) groups is 1. The largest absolute Gasteiger partial charge is 0.488 e. The van der Waals surface area contributed by atoms with Gasteiger partial charge in [0.25, 0.3) is 0 Å². The molecule has 0 spiro atoms. The molecule has 5 N–H and O–H groups in total. The quantitative estimate of drug-likeness (QED) is 0.399. The van der Waals surface area contributed by atoms with Crippen molar-refractivity contribution in [1.82, 2.24) is 5.32 Å². The SMILES string of the molecule is CC(=N)CN(CN)c1ccc(C=C2OCCN=C2NC(=O)Nc2ccc(F)cc2)c2c1CC2. The van der Waals surface area contributed by atoms with Crippen molar-refractivity contribution >= 4 is 35.0 Å². The molecule has 2 amide bonds. The van der Waals surface area contributed by atoms with Crippen molar-refractivity contribution in [2.24, 2.45) is 10.7 Å². The summed E-state index contributed by atoms with van der Waals surface area (Å²) in [5, 5.41) is 13.2. The van der Waals surface area contributed by atoms with E-state index in [1.165, 1.54) is 35.4 Å². The molecule has 0 bridgehead atoms. The van der Waals surface area contributed by atoms with Crippen LogP contribution < -0.4 is 21.3 Å². The average molecular weight is 451 g/mol. The molecule has 1 aliphatic carbocycles. The third-order valence-corrected chi connectivity index (χ3v) is 5.53. The lowest BCUT2D eigenvalue weighted by Crippen LogP contribution is -2.38. The Labute approximate surface area is 191 Å². The van der Waals surface area contributed by atoms with Crippen LogP contribution in [-0.2, 0) is 17.6 Å². The first-order valence-corrected chi connectivity index (χ1v) is 10.8. The van der Waals surface area contributed by atoms with Gasteiger partial charge in [-0.15, -0.1) is 0 Å². The van der Waals surface area contributed by atoms with Crippen molar-refractivity contribution in [3.63, 3.8) is 0 Å². The highest BCUT2D eigenvalue weighted by Gasteiger charge is 2.24. The van der Waals surface area contributed by atoms with Gasteiger partial charge < -0.3 is 26.1 Å². The molecule has 2 aromatic carbocycles. The lowest BCUT2D eigenvalue weighted by atomic mass is 9.82. The van der Waals surface area contributed by atoms with Crippen molar-refractivity contribution in [3.05, 3.63) is 64.7 Å². The molecule has 9 heteroatoms. The first-order chi connectivity index (χ1) is 15.9. The minimum Gasteiger partial charge on any atom is -0.488 e. The number of anilines is 2. The second-order valence-electron chi connectivity index (χ2n) is 7.97. The molecule has 0 aromatic heterocycles. The number of halogens is 1. The second-order valence-corrected chi connectivity index (χ2v) is 7.97. The smallest absolute Gasteiger partial charge is 0.324 e. The van der Waals surface area contributed by atoms with E-state index in [1.54, 1.807) is 6.92 Å². The van der Waals surface area contributed by atoms with Crippen LogP contribution in [0, 0.1) is 11.2 Å². The summed E-state index contributed by atoms with van der Waals surface area (Å²) in [6.07, 6.45) is 3.79. The van der Waals surface area contributed by atoms with E-state index in [2.05, 4.69) is 15.6 Å². The van der Waals surface area contributed by atoms with Crippen LogP contribution in [0.2, 0.25) is 0 Å². The Morgan fingerprint density at radius 3 is 2.64 bits per heavy atom. The highest BCUT2D eigenvalue weighted by atomic mass is 19.1. The summed E-state index contributed by atoms with van der Waals surface area (Å²) >= 11 is 0. The van der Waals surface area contributed by atoms with E-state index in [-0.39, 0.29) is 5.82 Å². The number of carbonyl (C=O) groups excluding carboxylic acids is 1. The van der Waals surface area contributed by atoms with Crippen LogP contribution in [0.3, 0.4) is 0 Å². The van der Waals surface area contributed by atoms with Gasteiger partial charge in [0.1, 0.15) is 12.4 Å². The minimum atomic E-state index is -0.485. The number of hydrogen-bond donors (Lipinski definition) is 4. The number of nitrogens with zero attached hydrogens (tertiary/aromatic N) is 2. The molecule has 0 saturated heterocycles. The summed E-state index contributed by atoms with van der Waals surface area (Å²) in [5.74, 6) is 0.464. The molecular weight excluding hydrogens is 423 g/mol. The zero-order chi connectivity index (χ0) is 23.4. The van der Waals surface area contributed by atoms with Crippen LogP contribution in [0.25, 0.3) is 6.08 Å². The van der Waals surface area contributed by atoms with Gasteiger partial charge in [-0.1, -0.05) is 6.07 Å².